The number of phenols is 1. The van der Waals surface area contributed by atoms with E-state index in [1.165, 1.54) is 7.11 Å². The molecule has 0 amide bonds. The lowest BCUT2D eigenvalue weighted by Gasteiger charge is -2.15. The molecule has 0 aliphatic rings. The van der Waals surface area contributed by atoms with E-state index < -0.39 is 0 Å². The van der Waals surface area contributed by atoms with Crippen LogP contribution in [0.1, 0.15) is 18.4 Å². The van der Waals surface area contributed by atoms with Gasteiger partial charge < -0.3 is 15.6 Å². The summed E-state index contributed by atoms with van der Waals surface area (Å²) < 4.78 is 5.13. The number of rotatable bonds is 3. The van der Waals surface area contributed by atoms with Crippen LogP contribution in [-0.4, -0.2) is 18.8 Å². The first-order chi connectivity index (χ1) is 6.61. The number of phenolic OH excluding ortho intramolecular Hbond substituents is 1. The average Bonchev–Trinajstić information content (AvgIpc) is 2.20. The van der Waals surface area contributed by atoms with E-state index in [4.69, 9.17) is 22.1 Å². The predicted octanol–water partition coefficient (Wildman–Crippen LogP) is 2.12. The molecule has 1 unspecified atom stereocenters. The third-order valence-corrected chi connectivity index (χ3v) is 2.56. The standard InChI is InChI=1S/C10H14ClNO2/c1-6(5-12)7-3-4-8(13)9(11)10(7)14-2/h3-4,6,13H,5,12H2,1-2H3. The summed E-state index contributed by atoms with van der Waals surface area (Å²) in [5, 5.41) is 9.61. The summed E-state index contributed by atoms with van der Waals surface area (Å²) >= 11 is 5.88. The number of ether oxygens (including phenoxy) is 1. The topological polar surface area (TPSA) is 55.5 Å². The van der Waals surface area contributed by atoms with Crippen molar-refractivity contribution in [1.29, 1.82) is 0 Å². The molecule has 14 heavy (non-hydrogen) atoms. The van der Waals surface area contributed by atoms with Crippen molar-refractivity contribution in [2.24, 2.45) is 5.73 Å². The fourth-order valence-corrected chi connectivity index (χ4v) is 1.53. The molecular weight excluding hydrogens is 202 g/mol. The van der Waals surface area contributed by atoms with Crippen LogP contribution in [-0.2, 0) is 0 Å². The molecule has 0 radical (unpaired) electrons. The van der Waals surface area contributed by atoms with E-state index >= 15 is 0 Å². The lowest BCUT2D eigenvalue weighted by molar-refractivity contribution is 0.400. The number of aromatic hydroxyl groups is 1. The summed E-state index contributed by atoms with van der Waals surface area (Å²) in [5.41, 5.74) is 6.47. The fraction of sp³-hybridized carbons (Fsp3) is 0.400. The van der Waals surface area contributed by atoms with Crippen molar-refractivity contribution in [2.45, 2.75) is 12.8 Å². The van der Waals surface area contributed by atoms with Gasteiger partial charge in [-0.05, 0) is 18.5 Å². The number of hydrogen-bond donors (Lipinski definition) is 2. The second kappa shape index (κ2) is 4.53. The molecule has 1 aromatic carbocycles. The van der Waals surface area contributed by atoms with Gasteiger partial charge in [-0.1, -0.05) is 24.6 Å². The average molecular weight is 216 g/mol. The van der Waals surface area contributed by atoms with Crippen LogP contribution in [0.5, 0.6) is 11.5 Å². The highest BCUT2D eigenvalue weighted by molar-refractivity contribution is 6.33. The van der Waals surface area contributed by atoms with Crippen molar-refractivity contribution in [3.63, 3.8) is 0 Å². The molecule has 0 saturated carbocycles. The van der Waals surface area contributed by atoms with Crippen LogP contribution in [0, 0.1) is 0 Å². The molecular formula is C10H14ClNO2. The molecule has 0 saturated heterocycles. The van der Waals surface area contributed by atoms with E-state index in [0.717, 1.165) is 5.56 Å². The van der Waals surface area contributed by atoms with Gasteiger partial charge in [-0.25, -0.2) is 0 Å². The van der Waals surface area contributed by atoms with Crippen molar-refractivity contribution in [1.82, 2.24) is 0 Å². The Morgan fingerprint density at radius 1 is 1.57 bits per heavy atom. The van der Waals surface area contributed by atoms with E-state index in [1.807, 2.05) is 6.92 Å². The summed E-state index contributed by atoms with van der Waals surface area (Å²) in [6, 6.07) is 3.32. The first kappa shape index (κ1) is 11.1. The summed E-state index contributed by atoms with van der Waals surface area (Å²) in [4.78, 5) is 0. The Bertz CT molecular complexity index is 328. The van der Waals surface area contributed by atoms with Crippen molar-refractivity contribution in [2.75, 3.05) is 13.7 Å². The minimum atomic E-state index is 0.0245. The van der Waals surface area contributed by atoms with E-state index in [9.17, 15) is 5.11 Å². The van der Waals surface area contributed by atoms with Gasteiger partial charge in [0.15, 0.2) is 0 Å². The Morgan fingerprint density at radius 2 is 2.21 bits per heavy atom. The van der Waals surface area contributed by atoms with E-state index in [-0.39, 0.29) is 16.7 Å². The fourth-order valence-electron chi connectivity index (χ4n) is 1.28. The molecule has 0 aromatic heterocycles. The second-order valence-corrected chi connectivity index (χ2v) is 3.54. The third kappa shape index (κ3) is 1.94. The molecule has 0 aliphatic heterocycles. The number of benzene rings is 1. The smallest absolute Gasteiger partial charge is 0.144 e. The van der Waals surface area contributed by atoms with Crippen molar-refractivity contribution in [3.05, 3.63) is 22.7 Å². The highest BCUT2D eigenvalue weighted by Gasteiger charge is 2.15. The highest BCUT2D eigenvalue weighted by atomic mass is 35.5. The Balaban J connectivity index is 3.23. The lowest BCUT2D eigenvalue weighted by atomic mass is 10.00. The van der Waals surface area contributed by atoms with Gasteiger partial charge in [0.25, 0.3) is 0 Å². The monoisotopic (exact) mass is 215 g/mol. The van der Waals surface area contributed by atoms with Gasteiger partial charge in [0.2, 0.25) is 0 Å². The maximum Gasteiger partial charge on any atom is 0.144 e. The van der Waals surface area contributed by atoms with Gasteiger partial charge >= 0.3 is 0 Å². The van der Waals surface area contributed by atoms with Crippen molar-refractivity contribution < 1.29 is 9.84 Å². The van der Waals surface area contributed by atoms with Crippen LogP contribution < -0.4 is 10.5 Å². The first-order valence-electron chi connectivity index (χ1n) is 4.37. The Morgan fingerprint density at radius 3 is 2.71 bits per heavy atom. The molecule has 3 N–H and O–H groups in total. The van der Waals surface area contributed by atoms with Gasteiger partial charge in [-0.15, -0.1) is 0 Å². The van der Waals surface area contributed by atoms with E-state index in [0.29, 0.717) is 12.3 Å². The molecule has 78 valence electrons. The molecule has 0 fully saturated rings. The molecule has 0 heterocycles. The van der Waals surface area contributed by atoms with Crippen LogP contribution in [0.2, 0.25) is 5.02 Å². The number of methoxy groups -OCH3 is 1. The number of nitrogens with two attached hydrogens (primary N) is 1. The van der Waals surface area contributed by atoms with Crippen LogP contribution in [0.3, 0.4) is 0 Å². The molecule has 4 heteroatoms. The van der Waals surface area contributed by atoms with Gasteiger partial charge in [0.05, 0.1) is 7.11 Å². The third-order valence-electron chi connectivity index (χ3n) is 2.20. The Kier molecular flexibility index (Phi) is 3.61. The summed E-state index contributed by atoms with van der Waals surface area (Å²) in [5.74, 6) is 0.684. The zero-order valence-corrected chi connectivity index (χ0v) is 9.01. The molecule has 3 nitrogen and oxygen atoms in total. The molecule has 0 bridgehead atoms. The van der Waals surface area contributed by atoms with Gasteiger partial charge in [0, 0.05) is 5.56 Å². The van der Waals surface area contributed by atoms with Crippen LogP contribution in [0.25, 0.3) is 0 Å². The van der Waals surface area contributed by atoms with Crippen molar-refractivity contribution in [3.8, 4) is 11.5 Å². The maximum absolute atomic E-state index is 9.37. The lowest BCUT2D eigenvalue weighted by Crippen LogP contribution is -2.10. The van der Waals surface area contributed by atoms with Crippen molar-refractivity contribution >= 4 is 11.6 Å². The zero-order chi connectivity index (χ0) is 10.7. The minimum Gasteiger partial charge on any atom is -0.506 e. The van der Waals surface area contributed by atoms with Crippen LogP contribution >= 0.6 is 11.6 Å². The minimum absolute atomic E-state index is 0.0245. The molecule has 1 atom stereocenters. The largest absolute Gasteiger partial charge is 0.506 e. The van der Waals surface area contributed by atoms with Gasteiger partial charge in [-0.2, -0.15) is 0 Å². The van der Waals surface area contributed by atoms with E-state index in [2.05, 4.69) is 0 Å². The summed E-state index contributed by atoms with van der Waals surface area (Å²) in [6.07, 6.45) is 0. The zero-order valence-electron chi connectivity index (χ0n) is 8.25. The Labute approximate surface area is 88.4 Å². The molecule has 1 aromatic rings. The summed E-state index contributed by atoms with van der Waals surface area (Å²) in [6.45, 7) is 2.49. The Hall–Kier alpha value is -0.930. The molecule has 0 spiro atoms. The van der Waals surface area contributed by atoms with Crippen LogP contribution in [0.4, 0.5) is 0 Å². The highest BCUT2D eigenvalue weighted by Crippen LogP contribution is 2.38. The van der Waals surface area contributed by atoms with Crippen LogP contribution in [0.15, 0.2) is 12.1 Å². The normalized spacial score (nSPS) is 12.6. The van der Waals surface area contributed by atoms with Gasteiger partial charge in [-0.3, -0.25) is 0 Å². The predicted molar refractivity (Wildman–Crippen MR) is 57.1 cm³/mol. The summed E-state index contributed by atoms with van der Waals surface area (Å²) in [7, 11) is 1.52. The van der Waals surface area contributed by atoms with E-state index in [1.54, 1.807) is 12.1 Å². The van der Waals surface area contributed by atoms with Gasteiger partial charge in [0.1, 0.15) is 16.5 Å². The first-order valence-corrected chi connectivity index (χ1v) is 4.75. The molecule has 1 rings (SSSR count). The number of halogens is 1. The quantitative estimate of drug-likeness (QED) is 0.812. The maximum atomic E-state index is 9.37. The number of hydrogen-bond acceptors (Lipinski definition) is 3. The SMILES string of the molecule is COc1c(C(C)CN)ccc(O)c1Cl. The second-order valence-electron chi connectivity index (χ2n) is 3.16. The molecule has 0 aliphatic carbocycles.